The second kappa shape index (κ2) is 13.7. The summed E-state index contributed by atoms with van der Waals surface area (Å²) >= 11 is 6.13. The first-order valence-electron chi connectivity index (χ1n) is 13.4. The van der Waals surface area contributed by atoms with Crippen molar-refractivity contribution in [3.8, 4) is 17.2 Å². The molecule has 1 unspecified atom stereocenters. The summed E-state index contributed by atoms with van der Waals surface area (Å²) in [6, 6.07) is 21.4. The molecule has 0 bridgehead atoms. The fraction of sp³-hybridized carbons (Fsp3) is 0.344. The first kappa shape index (κ1) is 29.5. The lowest BCUT2D eigenvalue weighted by molar-refractivity contribution is -0.127. The van der Waals surface area contributed by atoms with Gasteiger partial charge in [-0.25, -0.2) is 0 Å². The van der Waals surface area contributed by atoms with Gasteiger partial charge in [0.05, 0.1) is 14.2 Å². The number of benzene rings is 3. The number of carbonyl (C=O) groups excluding carboxylic acids is 1. The molecular weight excluding hydrogens is 528 g/mol. The molecule has 0 aliphatic carbocycles. The van der Waals surface area contributed by atoms with Crippen LogP contribution in [0.4, 0.5) is 0 Å². The van der Waals surface area contributed by atoms with E-state index < -0.39 is 5.60 Å². The summed E-state index contributed by atoms with van der Waals surface area (Å²) in [4.78, 5) is 17.0. The second-order valence-corrected chi connectivity index (χ2v) is 10.3. The van der Waals surface area contributed by atoms with Gasteiger partial charge in [-0.1, -0.05) is 54.1 Å². The third kappa shape index (κ3) is 7.16. The summed E-state index contributed by atoms with van der Waals surface area (Å²) in [5.41, 5.74) is 2.29. The van der Waals surface area contributed by atoms with Gasteiger partial charge >= 0.3 is 0 Å². The maximum Gasteiger partial charge on any atom is 0.246 e. The Balaban J connectivity index is 1.27. The monoisotopic (exact) mass is 564 g/mol. The Bertz CT molecular complexity index is 1270. The Hall–Kier alpha value is -3.52. The molecule has 1 aliphatic heterocycles. The third-order valence-electron chi connectivity index (χ3n) is 7.33. The number of piperazine rings is 1. The van der Waals surface area contributed by atoms with Gasteiger partial charge in [-0.3, -0.25) is 9.69 Å². The quantitative estimate of drug-likeness (QED) is 0.242. The van der Waals surface area contributed by atoms with E-state index in [1.165, 1.54) is 14.2 Å². The highest BCUT2D eigenvalue weighted by Gasteiger charge is 2.30. The van der Waals surface area contributed by atoms with Crippen LogP contribution in [0.2, 0.25) is 5.02 Å². The van der Waals surface area contributed by atoms with Crippen LogP contribution in [0.1, 0.15) is 30.0 Å². The molecule has 4 rings (SSSR count). The lowest BCUT2D eigenvalue weighted by atomic mass is 9.88. The zero-order valence-corrected chi connectivity index (χ0v) is 24.1. The lowest BCUT2D eigenvalue weighted by Crippen LogP contribution is -2.48. The molecule has 8 heteroatoms. The molecule has 1 aliphatic rings. The molecule has 1 atom stereocenters. The van der Waals surface area contributed by atoms with Crippen molar-refractivity contribution in [2.75, 3.05) is 53.6 Å². The molecule has 3 aromatic rings. The summed E-state index contributed by atoms with van der Waals surface area (Å²) in [5.74, 6) is 0.475. The van der Waals surface area contributed by atoms with Gasteiger partial charge in [-0.2, -0.15) is 0 Å². The third-order valence-corrected chi connectivity index (χ3v) is 7.59. The summed E-state index contributed by atoms with van der Waals surface area (Å²) in [7, 11) is 2.95. The number of phenolic OH excluding ortho intramolecular Hbond substituents is 1. The molecule has 212 valence electrons. The smallest absolute Gasteiger partial charge is 0.246 e. The average Bonchev–Trinajstić information content (AvgIpc) is 2.99. The Labute approximate surface area is 241 Å². The van der Waals surface area contributed by atoms with E-state index in [1.807, 2.05) is 47.4 Å². The van der Waals surface area contributed by atoms with Crippen LogP contribution in [0.5, 0.6) is 17.2 Å². The van der Waals surface area contributed by atoms with E-state index in [9.17, 15) is 9.90 Å². The van der Waals surface area contributed by atoms with E-state index in [1.54, 1.807) is 24.3 Å². The number of carbonyl (C=O) groups is 1. The summed E-state index contributed by atoms with van der Waals surface area (Å²) in [6.07, 6.45) is 4.14. The van der Waals surface area contributed by atoms with Crippen molar-refractivity contribution in [1.82, 2.24) is 9.80 Å². The summed E-state index contributed by atoms with van der Waals surface area (Å²) < 4.78 is 16.9. The van der Waals surface area contributed by atoms with Crippen LogP contribution in [0, 0.1) is 0 Å². The number of halogens is 1. The van der Waals surface area contributed by atoms with Gasteiger partial charge in [0.15, 0.2) is 11.5 Å². The fourth-order valence-corrected chi connectivity index (χ4v) is 5.02. The first-order chi connectivity index (χ1) is 19.3. The Morgan fingerprint density at radius 3 is 2.15 bits per heavy atom. The zero-order chi connectivity index (χ0) is 28.5. The molecule has 3 aromatic carbocycles. The number of phenols is 1. The van der Waals surface area contributed by atoms with Gasteiger partial charge < -0.3 is 24.2 Å². The Morgan fingerprint density at radius 1 is 0.950 bits per heavy atom. The highest BCUT2D eigenvalue weighted by atomic mass is 35.5. The van der Waals surface area contributed by atoms with E-state index >= 15 is 0 Å². The van der Waals surface area contributed by atoms with E-state index in [-0.39, 0.29) is 11.7 Å². The van der Waals surface area contributed by atoms with Gasteiger partial charge in [-0.15, -0.1) is 0 Å². The molecule has 7 nitrogen and oxygen atoms in total. The van der Waals surface area contributed by atoms with E-state index in [0.29, 0.717) is 41.8 Å². The minimum absolute atomic E-state index is 0.0458. The predicted molar refractivity (Wildman–Crippen MR) is 158 cm³/mol. The van der Waals surface area contributed by atoms with Crippen LogP contribution < -0.4 is 9.47 Å². The SMILES string of the molecule is COc1cc(C=CC(=O)N2CCN(CCCOC(C)(c3ccccc3)c3ccc(Cl)cc3)CC2)cc(OC)c1O. The molecule has 1 saturated heterocycles. The van der Waals surface area contributed by atoms with Crippen molar-refractivity contribution in [2.45, 2.75) is 18.9 Å². The maximum atomic E-state index is 12.8. The van der Waals surface area contributed by atoms with Crippen molar-refractivity contribution in [3.63, 3.8) is 0 Å². The number of methoxy groups -OCH3 is 2. The molecular formula is C32H37ClN2O5. The topological polar surface area (TPSA) is 71.5 Å². The van der Waals surface area contributed by atoms with E-state index in [0.717, 1.165) is 37.2 Å². The molecule has 0 spiro atoms. The number of hydrogen-bond acceptors (Lipinski definition) is 6. The summed E-state index contributed by atoms with van der Waals surface area (Å²) in [6.45, 7) is 6.57. The standard InChI is InChI=1S/C32H37ClN2O5/c1-32(25-8-5-4-6-9-25,26-11-13-27(33)14-12-26)40-21-7-16-34-17-19-35(20-18-34)30(36)15-10-24-22-28(38-2)31(37)29(23-24)39-3/h4-6,8-15,22-23,37H,7,16-21H2,1-3H3. The van der Waals surface area contributed by atoms with Gasteiger partial charge in [0, 0.05) is 50.4 Å². The highest BCUT2D eigenvalue weighted by molar-refractivity contribution is 6.30. The van der Waals surface area contributed by atoms with Gasteiger partial charge in [-0.05, 0) is 60.4 Å². The summed E-state index contributed by atoms with van der Waals surface area (Å²) in [5, 5.41) is 10.8. The number of ether oxygens (including phenoxy) is 3. The normalized spacial score (nSPS) is 15.7. The van der Waals surface area contributed by atoms with Crippen LogP contribution in [0.3, 0.4) is 0 Å². The minimum atomic E-state index is -0.575. The van der Waals surface area contributed by atoms with E-state index in [4.69, 9.17) is 25.8 Å². The fourth-order valence-electron chi connectivity index (χ4n) is 4.90. The average molecular weight is 565 g/mol. The van der Waals surface area contributed by atoms with Gasteiger partial charge in [0.2, 0.25) is 11.7 Å². The molecule has 1 amide bonds. The molecule has 40 heavy (non-hydrogen) atoms. The number of rotatable bonds is 11. The molecule has 0 radical (unpaired) electrons. The van der Waals surface area contributed by atoms with Gasteiger partial charge in [0.25, 0.3) is 0 Å². The van der Waals surface area contributed by atoms with E-state index in [2.05, 4.69) is 24.0 Å². The van der Waals surface area contributed by atoms with Crippen molar-refractivity contribution >= 4 is 23.6 Å². The minimum Gasteiger partial charge on any atom is -0.502 e. The maximum absolute atomic E-state index is 12.8. The van der Waals surface area contributed by atoms with Crippen LogP contribution in [-0.4, -0.2) is 74.4 Å². The Morgan fingerprint density at radius 2 is 1.55 bits per heavy atom. The van der Waals surface area contributed by atoms with Crippen LogP contribution >= 0.6 is 11.6 Å². The van der Waals surface area contributed by atoms with Crippen molar-refractivity contribution in [3.05, 3.63) is 94.5 Å². The predicted octanol–water partition coefficient (Wildman–Crippen LogP) is 5.59. The molecule has 1 N–H and O–H groups in total. The Kier molecular flexibility index (Phi) is 10.1. The van der Waals surface area contributed by atoms with Crippen molar-refractivity contribution in [1.29, 1.82) is 0 Å². The van der Waals surface area contributed by atoms with Gasteiger partial charge in [0.1, 0.15) is 5.60 Å². The van der Waals surface area contributed by atoms with Crippen molar-refractivity contribution in [2.24, 2.45) is 0 Å². The van der Waals surface area contributed by atoms with Crippen LogP contribution in [-0.2, 0) is 15.1 Å². The molecule has 1 heterocycles. The van der Waals surface area contributed by atoms with Crippen LogP contribution in [0.15, 0.2) is 72.8 Å². The largest absolute Gasteiger partial charge is 0.502 e. The number of hydrogen-bond donors (Lipinski definition) is 1. The van der Waals surface area contributed by atoms with Crippen molar-refractivity contribution < 1.29 is 24.1 Å². The lowest BCUT2D eigenvalue weighted by Gasteiger charge is -2.35. The highest BCUT2D eigenvalue weighted by Crippen LogP contribution is 2.37. The number of nitrogens with zero attached hydrogens (tertiary/aromatic N) is 2. The second-order valence-electron chi connectivity index (χ2n) is 9.88. The zero-order valence-electron chi connectivity index (χ0n) is 23.3. The molecule has 0 saturated carbocycles. The first-order valence-corrected chi connectivity index (χ1v) is 13.8. The molecule has 1 fully saturated rings. The van der Waals surface area contributed by atoms with Crippen LogP contribution in [0.25, 0.3) is 6.08 Å². The molecule has 0 aromatic heterocycles. The number of aromatic hydroxyl groups is 1. The number of amides is 1.